The van der Waals surface area contributed by atoms with Crippen LogP contribution in [0.1, 0.15) is 19.8 Å². The Hall–Kier alpha value is -0.250. The van der Waals surface area contributed by atoms with Crippen molar-refractivity contribution in [3.63, 3.8) is 0 Å². The SMILES string of the molecule is CCC(Cl)CCNCCOc1cccc(Br)c1. The number of rotatable bonds is 8. The Balaban J connectivity index is 2.05. The van der Waals surface area contributed by atoms with Crippen molar-refractivity contribution in [3.8, 4) is 5.75 Å². The van der Waals surface area contributed by atoms with E-state index in [9.17, 15) is 0 Å². The summed E-state index contributed by atoms with van der Waals surface area (Å²) in [4.78, 5) is 0. The van der Waals surface area contributed by atoms with Gasteiger partial charge in [0, 0.05) is 16.4 Å². The Bertz CT molecular complexity index is 322. The smallest absolute Gasteiger partial charge is 0.120 e. The Morgan fingerprint density at radius 1 is 1.41 bits per heavy atom. The molecule has 0 aliphatic rings. The molecule has 1 unspecified atom stereocenters. The molecule has 17 heavy (non-hydrogen) atoms. The van der Waals surface area contributed by atoms with Crippen molar-refractivity contribution >= 4 is 27.5 Å². The number of alkyl halides is 1. The predicted octanol–water partition coefficient (Wildman–Crippen LogP) is 3.83. The number of nitrogens with one attached hydrogen (secondary N) is 1. The molecule has 1 aromatic carbocycles. The lowest BCUT2D eigenvalue weighted by Gasteiger charge is -2.09. The third-order valence-electron chi connectivity index (χ3n) is 2.42. The summed E-state index contributed by atoms with van der Waals surface area (Å²) in [6.07, 6.45) is 2.03. The molecule has 0 aliphatic heterocycles. The topological polar surface area (TPSA) is 21.3 Å². The first-order valence-electron chi connectivity index (χ1n) is 5.95. The summed E-state index contributed by atoms with van der Waals surface area (Å²) >= 11 is 9.42. The Kier molecular flexibility index (Phi) is 7.65. The van der Waals surface area contributed by atoms with Crippen LogP contribution < -0.4 is 10.1 Å². The molecule has 0 radical (unpaired) electrons. The van der Waals surface area contributed by atoms with Gasteiger partial charge in [0.2, 0.25) is 0 Å². The Morgan fingerprint density at radius 3 is 2.94 bits per heavy atom. The number of ether oxygens (including phenoxy) is 1. The fraction of sp³-hybridized carbons (Fsp3) is 0.538. The minimum absolute atomic E-state index is 0.286. The predicted molar refractivity (Wildman–Crippen MR) is 77.1 cm³/mol. The number of halogens is 2. The average Bonchev–Trinajstić information content (AvgIpc) is 2.33. The van der Waals surface area contributed by atoms with E-state index in [2.05, 4.69) is 28.2 Å². The van der Waals surface area contributed by atoms with Crippen LogP contribution in [0.15, 0.2) is 28.7 Å². The molecular weight excluding hydrogens is 302 g/mol. The van der Waals surface area contributed by atoms with E-state index in [1.165, 1.54) is 0 Å². The molecule has 0 fully saturated rings. The van der Waals surface area contributed by atoms with Crippen LogP contribution in [0.2, 0.25) is 0 Å². The first kappa shape index (κ1) is 14.8. The van der Waals surface area contributed by atoms with Crippen LogP contribution in [0, 0.1) is 0 Å². The zero-order valence-corrected chi connectivity index (χ0v) is 12.4. The van der Waals surface area contributed by atoms with Crippen LogP contribution in [-0.4, -0.2) is 25.1 Å². The molecule has 1 rings (SSSR count). The Labute approximate surface area is 117 Å². The van der Waals surface area contributed by atoms with Crippen LogP contribution in [0.3, 0.4) is 0 Å². The Morgan fingerprint density at radius 2 is 2.24 bits per heavy atom. The highest BCUT2D eigenvalue weighted by Crippen LogP contribution is 2.17. The minimum Gasteiger partial charge on any atom is -0.492 e. The van der Waals surface area contributed by atoms with Gasteiger partial charge in [-0.15, -0.1) is 11.6 Å². The van der Waals surface area contributed by atoms with Crippen molar-refractivity contribution in [1.82, 2.24) is 5.32 Å². The van der Waals surface area contributed by atoms with Gasteiger partial charge < -0.3 is 10.1 Å². The first-order valence-corrected chi connectivity index (χ1v) is 7.18. The summed E-state index contributed by atoms with van der Waals surface area (Å²) in [6, 6.07) is 7.87. The summed E-state index contributed by atoms with van der Waals surface area (Å²) in [5.74, 6) is 0.893. The third-order valence-corrected chi connectivity index (χ3v) is 3.44. The lowest BCUT2D eigenvalue weighted by Crippen LogP contribution is -2.23. The van der Waals surface area contributed by atoms with Crippen molar-refractivity contribution in [3.05, 3.63) is 28.7 Å². The molecule has 0 bridgehead atoms. The van der Waals surface area contributed by atoms with E-state index in [1.807, 2.05) is 24.3 Å². The molecule has 0 aliphatic carbocycles. The minimum atomic E-state index is 0.286. The molecule has 2 nitrogen and oxygen atoms in total. The molecule has 1 N–H and O–H groups in total. The van der Waals surface area contributed by atoms with Gasteiger partial charge in [0.05, 0.1) is 0 Å². The van der Waals surface area contributed by atoms with Gasteiger partial charge in [-0.1, -0.05) is 28.9 Å². The zero-order chi connectivity index (χ0) is 12.5. The van der Waals surface area contributed by atoms with E-state index in [0.29, 0.717) is 6.61 Å². The average molecular weight is 321 g/mol. The highest BCUT2D eigenvalue weighted by atomic mass is 79.9. The zero-order valence-electron chi connectivity index (χ0n) is 10.1. The lowest BCUT2D eigenvalue weighted by molar-refractivity contribution is 0.313. The highest BCUT2D eigenvalue weighted by Gasteiger charge is 1.99. The van der Waals surface area contributed by atoms with Gasteiger partial charge in [0.1, 0.15) is 12.4 Å². The van der Waals surface area contributed by atoms with Crippen LogP contribution in [0.4, 0.5) is 0 Å². The molecule has 96 valence electrons. The standard InChI is InChI=1S/C13H19BrClNO/c1-2-12(15)6-7-16-8-9-17-13-5-3-4-11(14)10-13/h3-5,10,12,16H,2,6-9H2,1H3. The lowest BCUT2D eigenvalue weighted by atomic mass is 10.2. The largest absolute Gasteiger partial charge is 0.492 e. The molecule has 0 amide bonds. The number of benzene rings is 1. The molecule has 0 spiro atoms. The second-order valence-electron chi connectivity index (χ2n) is 3.85. The molecule has 4 heteroatoms. The normalized spacial score (nSPS) is 12.4. The third kappa shape index (κ3) is 6.92. The van der Waals surface area contributed by atoms with E-state index in [1.54, 1.807) is 0 Å². The highest BCUT2D eigenvalue weighted by molar-refractivity contribution is 9.10. The van der Waals surface area contributed by atoms with E-state index in [-0.39, 0.29) is 5.38 Å². The summed E-state index contributed by atoms with van der Waals surface area (Å²) < 4.78 is 6.63. The maximum Gasteiger partial charge on any atom is 0.120 e. The fourth-order valence-corrected chi connectivity index (χ4v) is 1.87. The molecular formula is C13H19BrClNO. The molecule has 0 aromatic heterocycles. The molecule has 1 atom stereocenters. The van der Waals surface area contributed by atoms with Gasteiger partial charge in [0.25, 0.3) is 0 Å². The fourth-order valence-electron chi connectivity index (χ4n) is 1.39. The van der Waals surface area contributed by atoms with Crippen LogP contribution in [0.25, 0.3) is 0 Å². The molecule has 1 aromatic rings. The van der Waals surface area contributed by atoms with E-state index in [0.717, 1.165) is 36.2 Å². The van der Waals surface area contributed by atoms with Crippen molar-refractivity contribution in [2.75, 3.05) is 19.7 Å². The van der Waals surface area contributed by atoms with E-state index < -0.39 is 0 Å². The van der Waals surface area contributed by atoms with Gasteiger partial charge in [-0.25, -0.2) is 0 Å². The number of hydrogen-bond acceptors (Lipinski definition) is 2. The van der Waals surface area contributed by atoms with Gasteiger partial charge >= 0.3 is 0 Å². The molecule has 0 saturated heterocycles. The van der Waals surface area contributed by atoms with Crippen LogP contribution in [-0.2, 0) is 0 Å². The summed E-state index contributed by atoms with van der Waals surface area (Å²) in [5.41, 5.74) is 0. The van der Waals surface area contributed by atoms with Gasteiger partial charge in [0.15, 0.2) is 0 Å². The maximum absolute atomic E-state index is 6.01. The van der Waals surface area contributed by atoms with Gasteiger partial charge in [-0.05, 0) is 37.6 Å². The van der Waals surface area contributed by atoms with E-state index in [4.69, 9.17) is 16.3 Å². The van der Waals surface area contributed by atoms with Crippen molar-refractivity contribution in [1.29, 1.82) is 0 Å². The summed E-state index contributed by atoms with van der Waals surface area (Å²) in [5, 5.41) is 3.60. The van der Waals surface area contributed by atoms with Crippen molar-refractivity contribution in [2.24, 2.45) is 0 Å². The summed E-state index contributed by atoms with van der Waals surface area (Å²) in [6.45, 7) is 4.58. The number of hydrogen-bond donors (Lipinski definition) is 1. The first-order chi connectivity index (χ1) is 8.22. The van der Waals surface area contributed by atoms with E-state index >= 15 is 0 Å². The van der Waals surface area contributed by atoms with Crippen molar-refractivity contribution < 1.29 is 4.74 Å². The van der Waals surface area contributed by atoms with Gasteiger partial charge in [-0.2, -0.15) is 0 Å². The molecule has 0 saturated carbocycles. The second kappa shape index (κ2) is 8.78. The quantitative estimate of drug-likeness (QED) is 0.581. The maximum atomic E-state index is 6.01. The van der Waals surface area contributed by atoms with Crippen molar-refractivity contribution in [2.45, 2.75) is 25.1 Å². The summed E-state index contributed by atoms with van der Waals surface area (Å²) in [7, 11) is 0. The molecule has 0 heterocycles. The van der Waals surface area contributed by atoms with Crippen LogP contribution in [0.5, 0.6) is 5.75 Å². The monoisotopic (exact) mass is 319 g/mol. The van der Waals surface area contributed by atoms with Crippen LogP contribution >= 0.6 is 27.5 Å². The second-order valence-corrected chi connectivity index (χ2v) is 5.38. The van der Waals surface area contributed by atoms with Gasteiger partial charge in [-0.3, -0.25) is 0 Å².